The van der Waals surface area contributed by atoms with Crippen molar-refractivity contribution in [3.8, 4) is 11.5 Å². The van der Waals surface area contributed by atoms with Crippen molar-refractivity contribution < 1.29 is 14.4 Å². The second-order valence-electron chi connectivity index (χ2n) is 6.70. The summed E-state index contributed by atoms with van der Waals surface area (Å²) in [5.41, 5.74) is 4.23. The fourth-order valence-corrected chi connectivity index (χ4v) is 3.72. The van der Waals surface area contributed by atoms with Gasteiger partial charge in [-0.15, -0.1) is 0 Å². The first-order valence-electron chi connectivity index (χ1n) is 9.93. The first kappa shape index (κ1) is 21.3. The topological polar surface area (TPSA) is 98.9 Å². The van der Waals surface area contributed by atoms with Gasteiger partial charge in [-0.3, -0.25) is 15.5 Å². The third kappa shape index (κ3) is 5.58. The first-order chi connectivity index (χ1) is 15.7. The van der Waals surface area contributed by atoms with Crippen LogP contribution >= 0.6 is 11.3 Å². The molecule has 1 N–H and O–H groups in total. The second kappa shape index (κ2) is 10.4. The summed E-state index contributed by atoms with van der Waals surface area (Å²) in [5.74, 6) is 1.31. The van der Waals surface area contributed by atoms with Crippen LogP contribution in [0, 0.1) is 10.1 Å². The van der Waals surface area contributed by atoms with Crippen LogP contribution in [0.15, 0.2) is 77.9 Å². The fourth-order valence-electron chi connectivity index (χ4n) is 2.91. The van der Waals surface area contributed by atoms with Crippen LogP contribution in [0.3, 0.4) is 0 Å². The van der Waals surface area contributed by atoms with E-state index in [2.05, 4.69) is 15.5 Å². The molecule has 0 fully saturated rings. The summed E-state index contributed by atoms with van der Waals surface area (Å²) in [6.45, 7) is 0.899. The monoisotopic (exact) mass is 448 g/mol. The van der Waals surface area contributed by atoms with E-state index in [0.29, 0.717) is 36.1 Å². The minimum atomic E-state index is -0.449. The number of nitrogens with zero attached hydrogens (tertiary/aromatic N) is 3. The number of nitro groups is 1. The highest BCUT2D eigenvalue weighted by Gasteiger charge is 2.11. The Morgan fingerprint density at radius 2 is 1.81 bits per heavy atom. The number of hydrazone groups is 1. The Kier molecular flexibility index (Phi) is 6.88. The van der Waals surface area contributed by atoms with Gasteiger partial charge in [0.25, 0.3) is 5.69 Å². The molecule has 0 saturated heterocycles. The fraction of sp³-hybridized carbons (Fsp3) is 0.130. The van der Waals surface area contributed by atoms with Crippen molar-refractivity contribution in [1.82, 2.24) is 4.98 Å². The van der Waals surface area contributed by atoms with Gasteiger partial charge >= 0.3 is 0 Å². The van der Waals surface area contributed by atoms with Crippen molar-refractivity contribution in [2.75, 3.05) is 18.6 Å². The molecule has 0 aliphatic heterocycles. The van der Waals surface area contributed by atoms with Gasteiger partial charge in [0.05, 0.1) is 34.6 Å². The van der Waals surface area contributed by atoms with Crippen molar-refractivity contribution in [2.45, 2.75) is 6.42 Å². The molecule has 0 aliphatic carbocycles. The molecule has 1 aromatic heterocycles. The highest BCUT2D eigenvalue weighted by atomic mass is 32.1. The molecule has 4 aromatic rings. The number of anilines is 1. The molecule has 1 heterocycles. The van der Waals surface area contributed by atoms with Gasteiger partial charge in [-0.05, 0) is 30.3 Å². The number of non-ortho nitro benzene ring substituents is 1. The van der Waals surface area contributed by atoms with E-state index in [9.17, 15) is 10.1 Å². The first-order valence-corrected chi connectivity index (χ1v) is 10.7. The summed E-state index contributed by atoms with van der Waals surface area (Å²) in [5, 5.41) is 16.0. The van der Waals surface area contributed by atoms with Crippen LogP contribution in [-0.4, -0.2) is 29.3 Å². The van der Waals surface area contributed by atoms with E-state index in [1.165, 1.54) is 29.7 Å². The smallest absolute Gasteiger partial charge is 0.270 e. The van der Waals surface area contributed by atoms with E-state index in [1.54, 1.807) is 6.07 Å². The molecule has 0 spiro atoms. The van der Waals surface area contributed by atoms with Crippen LogP contribution in [0.5, 0.6) is 11.5 Å². The highest BCUT2D eigenvalue weighted by molar-refractivity contribution is 7.22. The predicted octanol–water partition coefficient (Wildman–Crippen LogP) is 5.50. The SMILES string of the molecule is O=[N+]([O-])c1ccc(OCCCOc2ccccc2)c(C=NNc2nc3ccccc3s2)c1. The van der Waals surface area contributed by atoms with Crippen LogP contribution in [-0.2, 0) is 0 Å². The lowest BCUT2D eigenvalue weighted by Gasteiger charge is -2.10. The van der Waals surface area contributed by atoms with E-state index in [-0.39, 0.29) is 5.69 Å². The van der Waals surface area contributed by atoms with Gasteiger partial charge < -0.3 is 9.47 Å². The number of ether oxygens (including phenoxy) is 2. The number of hydrogen-bond acceptors (Lipinski definition) is 8. The summed E-state index contributed by atoms with van der Waals surface area (Å²) < 4.78 is 12.5. The number of hydrogen-bond donors (Lipinski definition) is 1. The third-order valence-corrected chi connectivity index (χ3v) is 5.36. The summed E-state index contributed by atoms with van der Waals surface area (Å²) >= 11 is 1.47. The summed E-state index contributed by atoms with van der Waals surface area (Å²) in [7, 11) is 0. The number of benzene rings is 3. The molecule has 0 aliphatic rings. The minimum Gasteiger partial charge on any atom is -0.493 e. The molecule has 0 unspecified atom stereocenters. The molecule has 32 heavy (non-hydrogen) atoms. The maximum Gasteiger partial charge on any atom is 0.270 e. The van der Waals surface area contributed by atoms with E-state index >= 15 is 0 Å². The Balaban J connectivity index is 1.38. The molecule has 0 atom stereocenters. The largest absolute Gasteiger partial charge is 0.493 e. The zero-order chi connectivity index (χ0) is 22.2. The molecule has 9 heteroatoms. The lowest BCUT2D eigenvalue weighted by atomic mass is 10.2. The molecular formula is C23H20N4O4S. The zero-order valence-electron chi connectivity index (χ0n) is 17.0. The standard InChI is InChI=1S/C23H20N4O4S/c28-27(29)18-11-12-21(31-14-6-13-30-19-7-2-1-3-8-19)17(15-18)16-24-26-23-25-20-9-4-5-10-22(20)32-23/h1-5,7-12,15-16H,6,13-14H2,(H,25,26). The zero-order valence-corrected chi connectivity index (χ0v) is 17.8. The Morgan fingerprint density at radius 1 is 1.03 bits per heavy atom. The van der Waals surface area contributed by atoms with Gasteiger partial charge in [0.15, 0.2) is 0 Å². The quantitative estimate of drug-likeness (QED) is 0.149. The van der Waals surface area contributed by atoms with Crippen molar-refractivity contribution in [2.24, 2.45) is 5.10 Å². The van der Waals surface area contributed by atoms with Crippen molar-refractivity contribution in [1.29, 1.82) is 0 Å². The molecule has 162 valence electrons. The van der Waals surface area contributed by atoms with Crippen LogP contribution in [0.25, 0.3) is 10.2 Å². The van der Waals surface area contributed by atoms with Gasteiger partial charge in [-0.2, -0.15) is 5.10 Å². The number of nitrogens with one attached hydrogen (secondary N) is 1. The van der Waals surface area contributed by atoms with Crippen molar-refractivity contribution in [3.05, 3.63) is 88.5 Å². The second-order valence-corrected chi connectivity index (χ2v) is 7.73. The molecular weight excluding hydrogens is 428 g/mol. The van der Waals surface area contributed by atoms with Crippen LogP contribution in [0.4, 0.5) is 10.8 Å². The third-order valence-electron chi connectivity index (χ3n) is 4.42. The van der Waals surface area contributed by atoms with Crippen molar-refractivity contribution >= 4 is 38.6 Å². The summed E-state index contributed by atoms with van der Waals surface area (Å²) in [4.78, 5) is 15.2. The lowest BCUT2D eigenvalue weighted by Crippen LogP contribution is -2.06. The van der Waals surface area contributed by atoms with E-state index < -0.39 is 4.92 Å². The molecule has 4 rings (SSSR count). The number of aromatic nitrogens is 1. The molecule has 0 radical (unpaired) electrons. The van der Waals surface area contributed by atoms with Gasteiger partial charge in [0.2, 0.25) is 5.13 Å². The maximum absolute atomic E-state index is 11.2. The minimum absolute atomic E-state index is 0.0359. The molecule has 0 bridgehead atoms. The van der Waals surface area contributed by atoms with Crippen LogP contribution in [0.1, 0.15) is 12.0 Å². The number of nitro benzene ring substituents is 1. The molecule has 8 nitrogen and oxygen atoms in total. The van der Waals surface area contributed by atoms with Gasteiger partial charge in [-0.1, -0.05) is 41.7 Å². The molecule has 0 saturated carbocycles. The number of rotatable bonds is 10. The van der Waals surface area contributed by atoms with E-state index in [0.717, 1.165) is 16.0 Å². The maximum atomic E-state index is 11.2. The molecule has 3 aromatic carbocycles. The normalized spacial score (nSPS) is 11.0. The van der Waals surface area contributed by atoms with Crippen molar-refractivity contribution in [3.63, 3.8) is 0 Å². The Labute approximate surface area is 188 Å². The summed E-state index contributed by atoms with van der Waals surface area (Å²) in [6, 6.07) is 21.7. The average molecular weight is 449 g/mol. The van der Waals surface area contributed by atoms with E-state index in [1.807, 2.05) is 54.6 Å². The Morgan fingerprint density at radius 3 is 2.62 bits per heavy atom. The van der Waals surface area contributed by atoms with Crippen LogP contribution in [0.2, 0.25) is 0 Å². The van der Waals surface area contributed by atoms with Gasteiger partial charge in [-0.25, -0.2) is 4.98 Å². The average Bonchev–Trinajstić information content (AvgIpc) is 3.23. The number of thiazole rings is 1. The lowest BCUT2D eigenvalue weighted by molar-refractivity contribution is -0.384. The summed E-state index contributed by atoms with van der Waals surface area (Å²) in [6.07, 6.45) is 2.15. The Hall–Kier alpha value is -3.98. The van der Waals surface area contributed by atoms with Gasteiger partial charge in [0, 0.05) is 24.1 Å². The van der Waals surface area contributed by atoms with Gasteiger partial charge in [0.1, 0.15) is 11.5 Å². The predicted molar refractivity (Wildman–Crippen MR) is 126 cm³/mol. The molecule has 0 amide bonds. The number of fused-ring (bicyclic) bond motifs is 1. The highest BCUT2D eigenvalue weighted by Crippen LogP contribution is 2.26. The Bertz CT molecular complexity index is 1190. The van der Waals surface area contributed by atoms with E-state index in [4.69, 9.17) is 9.47 Å². The number of para-hydroxylation sites is 2. The van der Waals surface area contributed by atoms with Crippen LogP contribution < -0.4 is 14.9 Å².